The zero-order chi connectivity index (χ0) is 14.5. The first-order chi connectivity index (χ1) is 9.65. The molecular formula is C17H28N2O. The average Bonchev–Trinajstić information content (AvgIpc) is 2.86. The van der Waals surface area contributed by atoms with Crippen LogP contribution in [0.4, 0.5) is 5.69 Å². The largest absolute Gasteiger partial charge is 0.396 e. The predicted molar refractivity (Wildman–Crippen MR) is 85.3 cm³/mol. The first kappa shape index (κ1) is 15.3. The summed E-state index contributed by atoms with van der Waals surface area (Å²) in [5.74, 6) is 0.339. The van der Waals surface area contributed by atoms with Gasteiger partial charge >= 0.3 is 0 Å². The Morgan fingerprint density at radius 2 is 2.15 bits per heavy atom. The molecule has 3 heteroatoms. The summed E-state index contributed by atoms with van der Waals surface area (Å²) in [7, 11) is 0. The van der Waals surface area contributed by atoms with Crippen molar-refractivity contribution in [3.63, 3.8) is 0 Å². The topological polar surface area (TPSA) is 35.5 Å². The Balaban J connectivity index is 2.06. The Morgan fingerprint density at radius 3 is 2.85 bits per heavy atom. The van der Waals surface area contributed by atoms with E-state index in [1.807, 2.05) is 0 Å². The van der Waals surface area contributed by atoms with Crippen molar-refractivity contribution in [2.24, 2.45) is 5.92 Å². The number of benzene rings is 1. The van der Waals surface area contributed by atoms with Gasteiger partial charge < -0.3 is 15.3 Å². The summed E-state index contributed by atoms with van der Waals surface area (Å²) >= 11 is 0. The van der Waals surface area contributed by atoms with E-state index in [0.717, 1.165) is 26.1 Å². The van der Waals surface area contributed by atoms with Crippen LogP contribution in [0, 0.1) is 5.92 Å². The van der Waals surface area contributed by atoms with Gasteiger partial charge in [-0.1, -0.05) is 26.0 Å². The summed E-state index contributed by atoms with van der Waals surface area (Å²) in [5, 5.41) is 12.8. The molecule has 0 saturated heterocycles. The number of aliphatic hydroxyl groups excluding tert-OH is 1. The summed E-state index contributed by atoms with van der Waals surface area (Å²) in [6.07, 6.45) is 2.30. The molecule has 0 bridgehead atoms. The molecule has 0 fully saturated rings. The number of nitrogens with zero attached hydrogens (tertiary/aromatic N) is 1. The highest BCUT2D eigenvalue weighted by Gasteiger charge is 2.21. The van der Waals surface area contributed by atoms with Gasteiger partial charge in [0.05, 0.1) is 0 Å². The Labute approximate surface area is 123 Å². The molecule has 1 aromatic rings. The van der Waals surface area contributed by atoms with E-state index in [9.17, 15) is 5.11 Å². The molecule has 2 rings (SSSR count). The Kier molecular flexibility index (Phi) is 5.44. The Hall–Kier alpha value is -1.06. The van der Waals surface area contributed by atoms with Gasteiger partial charge in [0.2, 0.25) is 0 Å². The SMILES string of the molecule is CCCNC(C)c1ccc2c(c1)CCN2CC(C)CO. The second-order valence-electron chi connectivity index (χ2n) is 6.05. The molecule has 2 unspecified atom stereocenters. The summed E-state index contributed by atoms with van der Waals surface area (Å²) in [6.45, 7) is 9.90. The number of nitrogens with one attached hydrogen (secondary N) is 1. The number of anilines is 1. The zero-order valence-electron chi connectivity index (χ0n) is 13.0. The lowest BCUT2D eigenvalue weighted by Gasteiger charge is -2.23. The lowest BCUT2D eigenvalue weighted by Crippen LogP contribution is -2.28. The van der Waals surface area contributed by atoms with E-state index >= 15 is 0 Å². The van der Waals surface area contributed by atoms with Crippen molar-refractivity contribution in [2.45, 2.75) is 39.7 Å². The van der Waals surface area contributed by atoms with E-state index in [4.69, 9.17) is 0 Å². The Bertz CT molecular complexity index is 433. The molecule has 1 aromatic carbocycles. The molecule has 1 aliphatic rings. The fraction of sp³-hybridized carbons (Fsp3) is 0.647. The summed E-state index contributed by atoms with van der Waals surface area (Å²) < 4.78 is 0. The maximum atomic E-state index is 9.21. The lowest BCUT2D eigenvalue weighted by molar-refractivity contribution is 0.239. The van der Waals surface area contributed by atoms with Crippen LogP contribution in [-0.4, -0.2) is 31.3 Å². The van der Waals surface area contributed by atoms with Crippen molar-refractivity contribution in [2.75, 3.05) is 31.1 Å². The number of aliphatic hydroxyl groups is 1. The van der Waals surface area contributed by atoms with Crippen LogP contribution in [0.25, 0.3) is 0 Å². The van der Waals surface area contributed by atoms with Crippen molar-refractivity contribution in [1.82, 2.24) is 5.32 Å². The van der Waals surface area contributed by atoms with Crippen LogP contribution in [0.1, 0.15) is 44.4 Å². The lowest BCUT2D eigenvalue weighted by atomic mass is 10.0. The summed E-state index contributed by atoms with van der Waals surface area (Å²) in [4.78, 5) is 2.41. The molecule has 0 spiro atoms. The van der Waals surface area contributed by atoms with E-state index in [0.29, 0.717) is 12.0 Å². The van der Waals surface area contributed by atoms with Crippen LogP contribution in [-0.2, 0) is 6.42 Å². The number of hydrogen-bond acceptors (Lipinski definition) is 3. The van der Waals surface area contributed by atoms with E-state index < -0.39 is 0 Å². The van der Waals surface area contributed by atoms with Gasteiger partial charge in [-0.05, 0) is 49.4 Å². The highest BCUT2D eigenvalue weighted by atomic mass is 16.3. The molecule has 2 N–H and O–H groups in total. The van der Waals surface area contributed by atoms with Gasteiger partial charge in [-0.25, -0.2) is 0 Å². The van der Waals surface area contributed by atoms with Crippen LogP contribution in [0.3, 0.4) is 0 Å². The van der Waals surface area contributed by atoms with Crippen molar-refractivity contribution < 1.29 is 5.11 Å². The predicted octanol–water partition coefficient (Wildman–Crippen LogP) is 2.74. The van der Waals surface area contributed by atoms with E-state index in [2.05, 4.69) is 49.2 Å². The molecule has 0 amide bonds. The van der Waals surface area contributed by atoms with Crippen molar-refractivity contribution in [3.05, 3.63) is 29.3 Å². The molecule has 3 nitrogen and oxygen atoms in total. The summed E-state index contributed by atoms with van der Waals surface area (Å²) in [6, 6.07) is 7.28. The molecule has 0 saturated carbocycles. The van der Waals surface area contributed by atoms with E-state index in [1.54, 1.807) is 0 Å². The first-order valence-electron chi connectivity index (χ1n) is 7.87. The van der Waals surface area contributed by atoms with Gasteiger partial charge in [0.15, 0.2) is 0 Å². The minimum atomic E-state index is 0.266. The third kappa shape index (κ3) is 3.53. The molecule has 0 radical (unpaired) electrons. The van der Waals surface area contributed by atoms with Crippen LogP contribution >= 0.6 is 0 Å². The van der Waals surface area contributed by atoms with Gasteiger partial charge in [-0.3, -0.25) is 0 Å². The van der Waals surface area contributed by atoms with Gasteiger partial charge in [-0.15, -0.1) is 0 Å². The van der Waals surface area contributed by atoms with Crippen molar-refractivity contribution >= 4 is 5.69 Å². The molecule has 112 valence electrons. The van der Waals surface area contributed by atoms with Crippen LogP contribution in [0.5, 0.6) is 0 Å². The van der Waals surface area contributed by atoms with Gasteiger partial charge in [0.25, 0.3) is 0 Å². The molecule has 1 heterocycles. The second kappa shape index (κ2) is 7.09. The quantitative estimate of drug-likeness (QED) is 0.804. The minimum absolute atomic E-state index is 0.266. The summed E-state index contributed by atoms with van der Waals surface area (Å²) in [5.41, 5.74) is 4.20. The monoisotopic (exact) mass is 276 g/mol. The van der Waals surface area contributed by atoms with Gasteiger partial charge in [0.1, 0.15) is 0 Å². The van der Waals surface area contributed by atoms with Crippen LogP contribution < -0.4 is 10.2 Å². The van der Waals surface area contributed by atoms with E-state index in [-0.39, 0.29) is 6.61 Å². The fourth-order valence-electron chi connectivity index (χ4n) is 2.86. The second-order valence-corrected chi connectivity index (χ2v) is 6.05. The number of rotatable bonds is 7. The minimum Gasteiger partial charge on any atom is -0.396 e. The number of fused-ring (bicyclic) bond motifs is 1. The zero-order valence-corrected chi connectivity index (χ0v) is 13.0. The smallest absolute Gasteiger partial charge is 0.0473 e. The highest BCUT2D eigenvalue weighted by Crippen LogP contribution is 2.31. The normalized spacial score (nSPS) is 17.1. The van der Waals surface area contributed by atoms with Gasteiger partial charge in [0, 0.05) is 31.4 Å². The third-order valence-electron chi connectivity index (χ3n) is 4.14. The van der Waals surface area contributed by atoms with Crippen molar-refractivity contribution in [3.8, 4) is 0 Å². The van der Waals surface area contributed by atoms with Crippen molar-refractivity contribution in [1.29, 1.82) is 0 Å². The molecule has 0 aliphatic carbocycles. The Morgan fingerprint density at radius 1 is 1.35 bits per heavy atom. The first-order valence-corrected chi connectivity index (χ1v) is 7.87. The number of hydrogen-bond donors (Lipinski definition) is 2. The molecule has 0 aromatic heterocycles. The molecule has 1 aliphatic heterocycles. The van der Waals surface area contributed by atoms with Crippen LogP contribution in [0.15, 0.2) is 18.2 Å². The standard InChI is InChI=1S/C17H28N2O/c1-4-8-18-14(3)15-5-6-17-16(10-15)7-9-19(17)11-13(2)12-20/h5-6,10,13-14,18,20H,4,7-9,11-12H2,1-3H3. The average molecular weight is 276 g/mol. The maximum Gasteiger partial charge on any atom is 0.0473 e. The van der Waals surface area contributed by atoms with Crippen LogP contribution in [0.2, 0.25) is 0 Å². The maximum absolute atomic E-state index is 9.21. The molecule has 2 atom stereocenters. The highest BCUT2D eigenvalue weighted by molar-refractivity contribution is 5.59. The fourth-order valence-corrected chi connectivity index (χ4v) is 2.86. The third-order valence-corrected chi connectivity index (χ3v) is 4.14. The molecule has 20 heavy (non-hydrogen) atoms. The van der Waals surface area contributed by atoms with Gasteiger partial charge in [-0.2, -0.15) is 0 Å². The van der Waals surface area contributed by atoms with E-state index in [1.165, 1.54) is 23.2 Å². The molecular weight excluding hydrogens is 248 g/mol.